The molecule has 0 fully saturated rings. The Morgan fingerprint density at radius 2 is 2.40 bits per heavy atom. The third-order valence-electron chi connectivity index (χ3n) is 1.08. The van der Waals surface area contributed by atoms with E-state index in [-0.39, 0.29) is 0 Å². The molecular formula is C6H6BrClN2. The molecule has 0 aliphatic carbocycles. The fraction of sp³-hybridized carbons (Fsp3) is 0.167. The zero-order chi connectivity index (χ0) is 7.56. The van der Waals surface area contributed by atoms with Crippen molar-refractivity contribution in [2.24, 2.45) is 0 Å². The van der Waals surface area contributed by atoms with Crippen molar-refractivity contribution >= 4 is 33.2 Å². The van der Waals surface area contributed by atoms with Gasteiger partial charge in [-0.2, -0.15) is 0 Å². The molecule has 0 amide bonds. The van der Waals surface area contributed by atoms with Crippen molar-refractivity contribution in [1.82, 2.24) is 4.98 Å². The van der Waals surface area contributed by atoms with Gasteiger partial charge in [-0.05, 0) is 22.0 Å². The van der Waals surface area contributed by atoms with Crippen molar-refractivity contribution in [3.63, 3.8) is 0 Å². The summed E-state index contributed by atoms with van der Waals surface area (Å²) < 4.78 is 0.777. The normalized spacial score (nSPS) is 9.50. The Balaban J connectivity index is 3.09. The molecule has 0 aliphatic rings. The van der Waals surface area contributed by atoms with E-state index in [0.717, 1.165) is 10.3 Å². The van der Waals surface area contributed by atoms with Crippen LogP contribution in [0.25, 0.3) is 0 Å². The Labute approximate surface area is 72.7 Å². The van der Waals surface area contributed by atoms with Crippen LogP contribution in [0.2, 0.25) is 5.02 Å². The van der Waals surface area contributed by atoms with Gasteiger partial charge < -0.3 is 5.32 Å². The molecule has 0 saturated carbocycles. The largest absolute Gasteiger partial charge is 0.386 e. The van der Waals surface area contributed by atoms with Crippen LogP contribution in [0.5, 0.6) is 0 Å². The van der Waals surface area contributed by atoms with Gasteiger partial charge in [0.25, 0.3) is 0 Å². The second-order valence-electron chi connectivity index (χ2n) is 1.74. The lowest BCUT2D eigenvalue weighted by molar-refractivity contribution is 1.26. The second-order valence-corrected chi connectivity index (χ2v) is 2.93. The van der Waals surface area contributed by atoms with Gasteiger partial charge in [0.05, 0.1) is 10.7 Å². The Kier molecular flexibility index (Phi) is 2.51. The Morgan fingerprint density at radius 1 is 1.70 bits per heavy atom. The predicted molar refractivity (Wildman–Crippen MR) is 46.5 cm³/mol. The van der Waals surface area contributed by atoms with Gasteiger partial charge in [0.15, 0.2) is 0 Å². The van der Waals surface area contributed by atoms with Gasteiger partial charge in [-0.25, -0.2) is 4.98 Å². The zero-order valence-electron chi connectivity index (χ0n) is 5.36. The van der Waals surface area contributed by atoms with E-state index in [9.17, 15) is 0 Å². The Morgan fingerprint density at radius 3 is 2.90 bits per heavy atom. The molecule has 0 radical (unpaired) electrons. The average molecular weight is 221 g/mol. The number of rotatable bonds is 1. The standard InChI is InChI=1S/C6H6BrClN2/c1-9-5-2-4(8)3-10-6(5)7/h2-3,9H,1H3. The van der Waals surface area contributed by atoms with Crippen LogP contribution in [0, 0.1) is 0 Å². The van der Waals surface area contributed by atoms with E-state index in [1.807, 2.05) is 7.05 Å². The monoisotopic (exact) mass is 220 g/mol. The van der Waals surface area contributed by atoms with Crippen LogP contribution >= 0.6 is 27.5 Å². The fourth-order valence-corrected chi connectivity index (χ4v) is 1.17. The molecule has 1 heterocycles. The molecule has 0 bridgehead atoms. The first-order valence-electron chi connectivity index (χ1n) is 2.73. The first-order chi connectivity index (χ1) is 4.74. The van der Waals surface area contributed by atoms with Crippen molar-refractivity contribution in [3.05, 3.63) is 21.9 Å². The third kappa shape index (κ3) is 1.61. The van der Waals surface area contributed by atoms with Crippen LogP contribution < -0.4 is 5.32 Å². The quantitative estimate of drug-likeness (QED) is 0.737. The number of hydrogen-bond acceptors (Lipinski definition) is 2. The SMILES string of the molecule is CNc1cc(Cl)cnc1Br. The van der Waals surface area contributed by atoms with Gasteiger partial charge in [0, 0.05) is 13.2 Å². The number of halogens is 2. The lowest BCUT2D eigenvalue weighted by Crippen LogP contribution is -1.90. The molecule has 0 atom stereocenters. The maximum absolute atomic E-state index is 5.67. The summed E-state index contributed by atoms with van der Waals surface area (Å²) >= 11 is 8.93. The number of pyridine rings is 1. The summed E-state index contributed by atoms with van der Waals surface area (Å²) in [5, 5.41) is 3.57. The summed E-state index contributed by atoms with van der Waals surface area (Å²) in [5.74, 6) is 0. The number of anilines is 1. The van der Waals surface area contributed by atoms with Crippen molar-refractivity contribution < 1.29 is 0 Å². The maximum atomic E-state index is 5.67. The summed E-state index contributed by atoms with van der Waals surface area (Å²) in [6, 6.07) is 1.80. The molecule has 1 rings (SSSR count). The summed E-state index contributed by atoms with van der Waals surface area (Å²) in [6.45, 7) is 0. The van der Waals surface area contributed by atoms with Gasteiger partial charge in [-0.1, -0.05) is 11.6 Å². The van der Waals surface area contributed by atoms with Gasteiger partial charge in [0.1, 0.15) is 4.60 Å². The smallest absolute Gasteiger partial charge is 0.129 e. The van der Waals surface area contributed by atoms with Crippen molar-refractivity contribution in [1.29, 1.82) is 0 Å². The molecule has 1 aromatic rings. The summed E-state index contributed by atoms with van der Waals surface area (Å²) in [6.07, 6.45) is 1.59. The number of nitrogens with one attached hydrogen (secondary N) is 1. The highest BCUT2D eigenvalue weighted by molar-refractivity contribution is 9.10. The summed E-state index contributed by atoms with van der Waals surface area (Å²) in [5.41, 5.74) is 0.896. The average Bonchev–Trinajstić information content (AvgIpc) is 1.94. The van der Waals surface area contributed by atoms with Gasteiger partial charge in [0.2, 0.25) is 0 Å². The van der Waals surface area contributed by atoms with Crippen LogP contribution in [-0.4, -0.2) is 12.0 Å². The van der Waals surface area contributed by atoms with Crippen LogP contribution in [0.15, 0.2) is 16.9 Å². The Hall–Kier alpha value is -0.280. The minimum atomic E-state index is 0.632. The molecule has 54 valence electrons. The Bertz CT molecular complexity index is 239. The zero-order valence-corrected chi connectivity index (χ0v) is 7.70. The van der Waals surface area contributed by atoms with Crippen molar-refractivity contribution in [3.8, 4) is 0 Å². The molecule has 0 saturated heterocycles. The first-order valence-corrected chi connectivity index (χ1v) is 3.90. The molecule has 10 heavy (non-hydrogen) atoms. The van der Waals surface area contributed by atoms with E-state index in [1.54, 1.807) is 12.3 Å². The van der Waals surface area contributed by atoms with Gasteiger partial charge in [-0.15, -0.1) is 0 Å². The van der Waals surface area contributed by atoms with E-state index in [4.69, 9.17) is 11.6 Å². The molecule has 4 heteroatoms. The molecule has 1 N–H and O–H groups in total. The molecule has 1 aromatic heterocycles. The summed E-state index contributed by atoms with van der Waals surface area (Å²) in [4.78, 5) is 3.97. The van der Waals surface area contributed by atoms with Crippen LogP contribution in [0.3, 0.4) is 0 Å². The molecule has 0 spiro atoms. The van der Waals surface area contributed by atoms with E-state index in [2.05, 4.69) is 26.2 Å². The molecule has 0 unspecified atom stereocenters. The predicted octanol–water partition coefficient (Wildman–Crippen LogP) is 2.54. The molecule has 0 aromatic carbocycles. The van der Waals surface area contributed by atoms with Crippen molar-refractivity contribution in [2.45, 2.75) is 0 Å². The highest BCUT2D eigenvalue weighted by Gasteiger charge is 1.97. The topological polar surface area (TPSA) is 24.9 Å². The van der Waals surface area contributed by atoms with Crippen molar-refractivity contribution in [2.75, 3.05) is 12.4 Å². The third-order valence-corrected chi connectivity index (χ3v) is 1.91. The highest BCUT2D eigenvalue weighted by Crippen LogP contribution is 2.21. The summed E-state index contributed by atoms with van der Waals surface area (Å²) in [7, 11) is 1.82. The number of aromatic nitrogens is 1. The minimum absolute atomic E-state index is 0.632. The van der Waals surface area contributed by atoms with Crippen LogP contribution in [0.1, 0.15) is 0 Å². The lowest BCUT2D eigenvalue weighted by Gasteiger charge is -2.00. The van der Waals surface area contributed by atoms with Crippen LogP contribution in [0.4, 0.5) is 5.69 Å². The van der Waals surface area contributed by atoms with Crippen LogP contribution in [-0.2, 0) is 0 Å². The van der Waals surface area contributed by atoms with Gasteiger partial charge in [-0.3, -0.25) is 0 Å². The van der Waals surface area contributed by atoms with Gasteiger partial charge >= 0.3 is 0 Å². The molecule has 0 aliphatic heterocycles. The maximum Gasteiger partial charge on any atom is 0.129 e. The van der Waals surface area contributed by atoms with E-state index < -0.39 is 0 Å². The molecule has 2 nitrogen and oxygen atoms in total. The molecular weight excluding hydrogens is 215 g/mol. The second kappa shape index (κ2) is 3.21. The number of nitrogens with zero attached hydrogens (tertiary/aromatic N) is 1. The minimum Gasteiger partial charge on any atom is -0.386 e. The lowest BCUT2D eigenvalue weighted by atomic mass is 10.4. The highest BCUT2D eigenvalue weighted by atomic mass is 79.9. The fourth-order valence-electron chi connectivity index (χ4n) is 0.598. The van der Waals surface area contributed by atoms with E-state index in [0.29, 0.717) is 5.02 Å². The van der Waals surface area contributed by atoms with E-state index >= 15 is 0 Å². The number of hydrogen-bond donors (Lipinski definition) is 1. The van der Waals surface area contributed by atoms with E-state index in [1.165, 1.54) is 0 Å². The first kappa shape index (κ1) is 7.82.